The molecule has 0 bridgehead atoms. The smallest absolute Gasteiger partial charge is 0.324 e. The molecule has 1 heterocycles. The summed E-state index contributed by atoms with van der Waals surface area (Å²) in [7, 11) is 0. The van der Waals surface area contributed by atoms with Crippen LogP contribution in [-0.4, -0.2) is 22.4 Å². The van der Waals surface area contributed by atoms with E-state index in [9.17, 15) is 18.4 Å². The molecule has 1 saturated heterocycles. The molecule has 1 aliphatic rings. The van der Waals surface area contributed by atoms with Crippen LogP contribution in [0.2, 0.25) is 0 Å². The molecule has 1 aromatic rings. The van der Waals surface area contributed by atoms with Gasteiger partial charge < -0.3 is 5.32 Å². The molecule has 0 radical (unpaired) electrons. The molecule has 102 valence electrons. The molecule has 7 heteroatoms. The van der Waals surface area contributed by atoms with Crippen molar-refractivity contribution in [3.8, 4) is 0 Å². The first-order valence-electron chi connectivity index (χ1n) is 5.50. The highest BCUT2D eigenvalue weighted by molar-refractivity contribution is 9.10. The van der Waals surface area contributed by atoms with Crippen LogP contribution in [0.25, 0.3) is 0 Å². The van der Waals surface area contributed by atoms with Crippen molar-refractivity contribution in [1.82, 2.24) is 10.2 Å². The number of amides is 3. The fraction of sp³-hybridized carbons (Fsp3) is 0.333. The molecule has 0 spiro atoms. The number of carbonyl (C=O) groups is 2. The molecule has 3 amide bonds. The summed E-state index contributed by atoms with van der Waals surface area (Å²) in [6.07, 6.45) is 0. The summed E-state index contributed by atoms with van der Waals surface area (Å²) in [5, 5.41) is 2.45. The zero-order valence-corrected chi connectivity index (χ0v) is 11.8. The van der Waals surface area contributed by atoms with Gasteiger partial charge in [-0.25, -0.2) is 13.6 Å². The second-order valence-corrected chi connectivity index (χ2v) is 5.62. The Balaban J connectivity index is 2.35. The van der Waals surface area contributed by atoms with Crippen LogP contribution in [0.15, 0.2) is 16.6 Å². The van der Waals surface area contributed by atoms with Gasteiger partial charge in [0.1, 0.15) is 17.2 Å². The summed E-state index contributed by atoms with van der Waals surface area (Å²) in [5.74, 6) is -2.13. The standard InChI is InChI=1S/C12H11BrF2N2O2/c1-12(2)10(18)17(11(19)16-12)5-6-8(14)4-3-7(13)9(6)15/h3-4H,5H2,1-2H3,(H,16,19). The highest BCUT2D eigenvalue weighted by atomic mass is 79.9. The van der Waals surface area contributed by atoms with Crippen LogP contribution in [0.5, 0.6) is 0 Å². The first-order chi connectivity index (χ1) is 8.74. The van der Waals surface area contributed by atoms with Crippen LogP contribution in [-0.2, 0) is 11.3 Å². The summed E-state index contributed by atoms with van der Waals surface area (Å²) < 4.78 is 27.5. The highest BCUT2D eigenvalue weighted by Gasteiger charge is 2.44. The topological polar surface area (TPSA) is 49.4 Å². The van der Waals surface area contributed by atoms with Crippen molar-refractivity contribution < 1.29 is 18.4 Å². The lowest BCUT2D eigenvalue weighted by molar-refractivity contribution is -0.130. The molecule has 1 aliphatic heterocycles. The monoisotopic (exact) mass is 332 g/mol. The molecule has 1 aromatic carbocycles. The van der Waals surface area contributed by atoms with E-state index in [0.717, 1.165) is 11.0 Å². The van der Waals surface area contributed by atoms with Gasteiger partial charge in [-0.3, -0.25) is 9.69 Å². The van der Waals surface area contributed by atoms with Gasteiger partial charge in [0.25, 0.3) is 5.91 Å². The Morgan fingerprint density at radius 2 is 1.95 bits per heavy atom. The number of nitrogens with zero attached hydrogens (tertiary/aromatic N) is 1. The predicted octanol–water partition coefficient (Wildman–Crippen LogP) is 2.56. The van der Waals surface area contributed by atoms with E-state index in [-0.39, 0.29) is 10.0 Å². The van der Waals surface area contributed by atoms with Crippen molar-refractivity contribution in [1.29, 1.82) is 0 Å². The summed E-state index contributed by atoms with van der Waals surface area (Å²) in [6.45, 7) is 2.62. The molecule has 0 unspecified atom stereocenters. The molecule has 0 aromatic heterocycles. The number of benzene rings is 1. The summed E-state index contributed by atoms with van der Waals surface area (Å²) in [4.78, 5) is 24.4. The third kappa shape index (κ3) is 2.34. The molecule has 0 aliphatic carbocycles. The minimum atomic E-state index is -1.06. The number of rotatable bonds is 2. The first kappa shape index (κ1) is 13.9. The maximum Gasteiger partial charge on any atom is 0.325 e. The van der Waals surface area contributed by atoms with Crippen LogP contribution < -0.4 is 5.32 Å². The largest absolute Gasteiger partial charge is 0.325 e. The van der Waals surface area contributed by atoms with E-state index in [0.29, 0.717) is 0 Å². The lowest BCUT2D eigenvalue weighted by Crippen LogP contribution is -2.40. The van der Waals surface area contributed by atoms with Gasteiger partial charge in [0.05, 0.1) is 11.0 Å². The maximum absolute atomic E-state index is 13.8. The SMILES string of the molecule is CC1(C)NC(=O)N(Cc2c(F)ccc(Br)c2F)C1=O. The number of hydrogen-bond donors (Lipinski definition) is 1. The van der Waals surface area contributed by atoms with Crippen LogP contribution in [0, 0.1) is 11.6 Å². The minimum Gasteiger partial charge on any atom is -0.324 e. The van der Waals surface area contributed by atoms with Crippen molar-refractivity contribution in [3.05, 3.63) is 33.8 Å². The number of hydrogen-bond acceptors (Lipinski definition) is 2. The predicted molar refractivity (Wildman–Crippen MR) is 67.2 cm³/mol. The van der Waals surface area contributed by atoms with Crippen LogP contribution in [0.3, 0.4) is 0 Å². The van der Waals surface area contributed by atoms with Gasteiger partial charge in [-0.2, -0.15) is 0 Å². The Labute approximate surface area is 116 Å². The summed E-state index contributed by atoms with van der Waals surface area (Å²) in [5.41, 5.74) is -1.38. The summed E-state index contributed by atoms with van der Waals surface area (Å²) >= 11 is 2.94. The number of nitrogens with one attached hydrogen (secondary N) is 1. The Bertz CT molecular complexity index is 575. The Morgan fingerprint density at radius 3 is 2.47 bits per heavy atom. The molecule has 2 rings (SSSR count). The fourth-order valence-electron chi connectivity index (χ4n) is 1.83. The second-order valence-electron chi connectivity index (χ2n) is 4.77. The van der Waals surface area contributed by atoms with Crippen molar-refractivity contribution in [2.24, 2.45) is 0 Å². The molecule has 0 saturated carbocycles. The lowest BCUT2D eigenvalue weighted by Gasteiger charge is -2.16. The molecule has 1 fully saturated rings. The minimum absolute atomic E-state index is 0.0789. The Hall–Kier alpha value is -1.50. The number of carbonyl (C=O) groups excluding carboxylic acids is 2. The van der Waals surface area contributed by atoms with E-state index in [2.05, 4.69) is 21.2 Å². The van der Waals surface area contributed by atoms with E-state index in [1.54, 1.807) is 0 Å². The molecule has 19 heavy (non-hydrogen) atoms. The third-order valence-electron chi connectivity index (χ3n) is 2.90. The van der Waals surface area contributed by atoms with Gasteiger partial charge in [0.2, 0.25) is 0 Å². The normalized spacial score (nSPS) is 17.8. The van der Waals surface area contributed by atoms with Crippen LogP contribution in [0.1, 0.15) is 19.4 Å². The first-order valence-corrected chi connectivity index (χ1v) is 6.30. The van der Waals surface area contributed by atoms with E-state index in [4.69, 9.17) is 0 Å². The Morgan fingerprint density at radius 1 is 1.32 bits per heavy atom. The van der Waals surface area contributed by atoms with E-state index in [1.165, 1.54) is 19.9 Å². The van der Waals surface area contributed by atoms with Gasteiger partial charge >= 0.3 is 6.03 Å². The number of urea groups is 1. The van der Waals surface area contributed by atoms with Gasteiger partial charge in [-0.15, -0.1) is 0 Å². The average Bonchev–Trinajstić information content (AvgIpc) is 2.51. The summed E-state index contributed by atoms with van der Waals surface area (Å²) in [6, 6.07) is 1.64. The molecular formula is C12H11BrF2N2O2. The van der Waals surface area contributed by atoms with Crippen molar-refractivity contribution in [3.63, 3.8) is 0 Å². The fourth-order valence-corrected chi connectivity index (χ4v) is 2.21. The quantitative estimate of drug-likeness (QED) is 0.668. The second kappa shape index (κ2) is 4.56. The molecule has 0 atom stereocenters. The molecule has 1 N–H and O–H groups in total. The average molecular weight is 333 g/mol. The highest BCUT2D eigenvalue weighted by Crippen LogP contribution is 2.25. The lowest BCUT2D eigenvalue weighted by atomic mass is 10.1. The number of halogens is 3. The van der Waals surface area contributed by atoms with Gasteiger partial charge in [-0.1, -0.05) is 0 Å². The zero-order valence-electron chi connectivity index (χ0n) is 10.3. The van der Waals surface area contributed by atoms with Crippen molar-refractivity contribution in [2.75, 3.05) is 0 Å². The molecular weight excluding hydrogens is 322 g/mol. The van der Waals surface area contributed by atoms with Crippen LogP contribution >= 0.6 is 15.9 Å². The van der Waals surface area contributed by atoms with Gasteiger partial charge in [-0.05, 0) is 41.9 Å². The van der Waals surface area contributed by atoms with Crippen molar-refractivity contribution in [2.45, 2.75) is 25.9 Å². The number of imide groups is 1. The Kier molecular flexibility index (Phi) is 3.34. The van der Waals surface area contributed by atoms with Crippen LogP contribution in [0.4, 0.5) is 13.6 Å². The maximum atomic E-state index is 13.8. The van der Waals surface area contributed by atoms with E-state index in [1.807, 2.05) is 0 Å². The third-order valence-corrected chi connectivity index (χ3v) is 3.51. The van der Waals surface area contributed by atoms with Gasteiger partial charge in [0.15, 0.2) is 0 Å². The zero-order chi connectivity index (χ0) is 14.4. The van der Waals surface area contributed by atoms with E-state index >= 15 is 0 Å². The molecule has 4 nitrogen and oxygen atoms in total. The van der Waals surface area contributed by atoms with E-state index < -0.39 is 35.7 Å². The van der Waals surface area contributed by atoms with Gasteiger partial charge in [0, 0.05) is 5.56 Å². The van der Waals surface area contributed by atoms with Crippen molar-refractivity contribution >= 4 is 27.9 Å².